The van der Waals surface area contributed by atoms with Gasteiger partial charge in [0.2, 0.25) is 0 Å². The van der Waals surface area contributed by atoms with Crippen molar-refractivity contribution in [3.8, 4) is 5.75 Å². The molecule has 0 radical (unpaired) electrons. The Morgan fingerprint density at radius 1 is 1.31 bits per heavy atom. The van der Waals surface area contributed by atoms with E-state index in [0.717, 1.165) is 12.5 Å². The van der Waals surface area contributed by atoms with Gasteiger partial charge in [0.05, 0.1) is 27.7 Å². The monoisotopic (exact) mass is 397 g/mol. The van der Waals surface area contributed by atoms with Gasteiger partial charge in [-0.15, -0.1) is 0 Å². The lowest BCUT2D eigenvalue weighted by Gasteiger charge is -2.07. The van der Waals surface area contributed by atoms with Crippen LogP contribution in [0.1, 0.15) is 18.9 Å². The van der Waals surface area contributed by atoms with Crippen molar-refractivity contribution >= 4 is 33.5 Å². The van der Waals surface area contributed by atoms with Crippen molar-refractivity contribution in [3.05, 3.63) is 63.2 Å². The Morgan fingerprint density at radius 2 is 2.08 bits per heavy atom. The van der Waals surface area contributed by atoms with Gasteiger partial charge in [0.1, 0.15) is 5.75 Å². The number of hydrazone groups is 1. The minimum Gasteiger partial charge on any atom is -0.492 e. The van der Waals surface area contributed by atoms with E-state index in [1.54, 1.807) is 18.2 Å². The van der Waals surface area contributed by atoms with Crippen molar-refractivity contribution in [2.45, 2.75) is 18.2 Å². The van der Waals surface area contributed by atoms with Gasteiger partial charge >= 0.3 is 0 Å². The van der Waals surface area contributed by atoms with Crippen molar-refractivity contribution in [2.24, 2.45) is 5.10 Å². The van der Waals surface area contributed by atoms with Crippen LogP contribution in [0.3, 0.4) is 0 Å². The zero-order valence-electron chi connectivity index (χ0n) is 13.8. The second kappa shape index (κ2) is 8.63. The summed E-state index contributed by atoms with van der Waals surface area (Å²) < 4.78 is 29.7. The Balaban J connectivity index is 2.10. The fraction of sp³-hybridized carbons (Fsp3) is 0.188. The molecular weight excluding hydrogens is 382 g/mol. The summed E-state index contributed by atoms with van der Waals surface area (Å²) in [7, 11) is -4.03. The van der Waals surface area contributed by atoms with Crippen LogP contribution in [0.2, 0.25) is 5.02 Å². The predicted octanol–water partition coefficient (Wildman–Crippen LogP) is 3.35. The fourth-order valence-electron chi connectivity index (χ4n) is 1.91. The van der Waals surface area contributed by atoms with Crippen molar-refractivity contribution in [1.29, 1.82) is 0 Å². The molecular formula is C16H16ClN3O5S. The van der Waals surface area contributed by atoms with Gasteiger partial charge in [-0.2, -0.15) is 13.5 Å². The van der Waals surface area contributed by atoms with Crippen molar-refractivity contribution in [1.82, 2.24) is 4.83 Å². The summed E-state index contributed by atoms with van der Waals surface area (Å²) in [5.74, 6) is 0.530. The highest BCUT2D eigenvalue weighted by atomic mass is 35.5. The molecule has 0 atom stereocenters. The number of benzene rings is 2. The minimum atomic E-state index is -4.03. The van der Waals surface area contributed by atoms with Crippen LogP contribution < -0.4 is 9.57 Å². The Hall–Kier alpha value is -2.65. The van der Waals surface area contributed by atoms with E-state index >= 15 is 0 Å². The van der Waals surface area contributed by atoms with Gasteiger partial charge in [0.25, 0.3) is 15.7 Å². The van der Waals surface area contributed by atoms with Crippen LogP contribution in [0.4, 0.5) is 5.69 Å². The second-order valence-corrected chi connectivity index (χ2v) is 7.21. The summed E-state index contributed by atoms with van der Waals surface area (Å²) in [6.07, 6.45) is 2.11. The lowest BCUT2D eigenvalue weighted by Crippen LogP contribution is -2.18. The molecule has 0 saturated carbocycles. The number of nitro groups is 1. The average Bonchev–Trinajstić information content (AvgIpc) is 2.61. The van der Waals surface area contributed by atoms with Crippen LogP contribution in [0.25, 0.3) is 0 Å². The molecule has 0 aromatic heterocycles. The average molecular weight is 398 g/mol. The Morgan fingerprint density at radius 3 is 2.73 bits per heavy atom. The van der Waals surface area contributed by atoms with Gasteiger partial charge in [-0.1, -0.05) is 24.6 Å². The standard InChI is InChI=1S/C16H16ClN3O5S/c1-2-8-25-16-7-6-12(9-15(16)17)11-18-19-26(23,24)14-5-3-4-13(10-14)20(21)22/h3-7,9-11,19H,2,8H2,1H3/b18-11+. The quantitative estimate of drug-likeness (QED) is 0.417. The number of non-ortho nitro benzene ring substituents is 1. The molecule has 0 aliphatic carbocycles. The van der Waals surface area contributed by atoms with E-state index in [1.807, 2.05) is 11.8 Å². The third-order valence-corrected chi connectivity index (χ3v) is 4.66. The molecule has 1 N–H and O–H groups in total. The number of nitro benzene ring substituents is 1. The molecule has 2 aromatic rings. The maximum absolute atomic E-state index is 12.1. The number of hydrogen-bond acceptors (Lipinski definition) is 6. The molecule has 0 aliphatic heterocycles. The Bertz CT molecular complexity index is 931. The number of nitrogens with one attached hydrogen (secondary N) is 1. The first-order valence-electron chi connectivity index (χ1n) is 7.55. The number of hydrogen-bond donors (Lipinski definition) is 1. The van der Waals surface area contributed by atoms with Crippen LogP contribution in [-0.2, 0) is 10.0 Å². The first-order chi connectivity index (χ1) is 12.3. The van der Waals surface area contributed by atoms with Crippen molar-refractivity contribution in [3.63, 3.8) is 0 Å². The van der Waals surface area contributed by atoms with Gasteiger partial charge in [0.15, 0.2) is 0 Å². The number of sulfonamides is 1. The molecule has 2 aromatic carbocycles. The molecule has 2 rings (SSSR count). The van der Waals surface area contributed by atoms with E-state index in [2.05, 4.69) is 5.10 Å². The lowest BCUT2D eigenvalue weighted by molar-refractivity contribution is -0.385. The molecule has 10 heteroatoms. The first-order valence-corrected chi connectivity index (χ1v) is 9.41. The summed E-state index contributed by atoms with van der Waals surface area (Å²) in [5, 5.41) is 14.8. The number of halogens is 1. The summed E-state index contributed by atoms with van der Waals surface area (Å²) in [4.78, 5) is 11.8. The van der Waals surface area contributed by atoms with Gasteiger partial charge in [0, 0.05) is 12.1 Å². The molecule has 0 aliphatic rings. The first kappa shape index (κ1) is 19.7. The Labute approximate surface area is 155 Å². The minimum absolute atomic E-state index is 0.259. The third-order valence-electron chi connectivity index (χ3n) is 3.14. The Kier molecular flexibility index (Phi) is 6.53. The molecule has 26 heavy (non-hydrogen) atoms. The second-order valence-electron chi connectivity index (χ2n) is 5.15. The van der Waals surface area contributed by atoms with Gasteiger partial charge in [-0.05, 0) is 36.2 Å². The molecule has 8 nitrogen and oxygen atoms in total. The highest BCUT2D eigenvalue weighted by molar-refractivity contribution is 7.89. The maximum atomic E-state index is 12.1. The zero-order chi connectivity index (χ0) is 19.2. The normalized spacial score (nSPS) is 11.5. The van der Waals surface area contributed by atoms with Gasteiger partial charge < -0.3 is 4.74 Å². The van der Waals surface area contributed by atoms with E-state index in [4.69, 9.17) is 16.3 Å². The smallest absolute Gasteiger partial charge is 0.276 e. The topological polar surface area (TPSA) is 111 Å². The summed E-state index contributed by atoms with van der Waals surface area (Å²) >= 11 is 6.09. The largest absolute Gasteiger partial charge is 0.492 e. The van der Waals surface area contributed by atoms with Crippen LogP contribution >= 0.6 is 11.6 Å². The van der Waals surface area contributed by atoms with E-state index < -0.39 is 14.9 Å². The lowest BCUT2D eigenvalue weighted by atomic mass is 10.2. The fourth-order valence-corrected chi connectivity index (χ4v) is 2.99. The molecule has 138 valence electrons. The molecule has 0 bridgehead atoms. The predicted molar refractivity (Wildman–Crippen MR) is 98.2 cm³/mol. The molecule has 0 fully saturated rings. The number of ether oxygens (including phenoxy) is 1. The van der Waals surface area contributed by atoms with E-state index in [9.17, 15) is 18.5 Å². The van der Waals surface area contributed by atoms with Crippen molar-refractivity contribution in [2.75, 3.05) is 6.61 Å². The zero-order valence-corrected chi connectivity index (χ0v) is 15.3. The van der Waals surface area contributed by atoms with Gasteiger partial charge in [-0.3, -0.25) is 10.1 Å². The van der Waals surface area contributed by atoms with Crippen LogP contribution in [0.15, 0.2) is 52.5 Å². The number of rotatable bonds is 8. The highest BCUT2D eigenvalue weighted by Gasteiger charge is 2.16. The van der Waals surface area contributed by atoms with Crippen LogP contribution in [-0.4, -0.2) is 26.2 Å². The SMILES string of the molecule is CCCOc1ccc(/C=N/NS(=O)(=O)c2cccc([N+](=O)[O-])c2)cc1Cl. The molecule has 0 amide bonds. The van der Waals surface area contributed by atoms with Gasteiger partial charge in [-0.25, -0.2) is 4.83 Å². The molecule has 0 unspecified atom stereocenters. The molecule has 0 spiro atoms. The third kappa shape index (κ3) is 5.17. The van der Waals surface area contributed by atoms with Crippen LogP contribution in [0, 0.1) is 10.1 Å². The molecule has 0 heterocycles. The summed E-state index contributed by atoms with van der Waals surface area (Å²) in [5.41, 5.74) is 0.229. The number of nitrogens with zero attached hydrogens (tertiary/aromatic N) is 2. The summed E-state index contributed by atoms with van der Waals surface area (Å²) in [6.45, 7) is 2.51. The van der Waals surface area contributed by atoms with E-state index in [-0.39, 0.29) is 10.6 Å². The van der Waals surface area contributed by atoms with Crippen molar-refractivity contribution < 1.29 is 18.1 Å². The summed E-state index contributed by atoms with van der Waals surface area (Å²) in [6, 6.07) is 9.59. The highest BCUT2D eigenvalue weighted by Crippen LogP contribution is 2.25. The molecule has 0 saturated heterocycles. The van der Waals surface area contributed by atoms with E-state index in [1.165, 1.54) is 24.4 Å². The van der Waals surface area contributed by atoms with E-state index in [0.29, 0.717) is 22.9 Å². The van der Waals surface area contributed by atoms with Crippen LogP contribution in [0.5, 0.6) is 5.75 Å². The maximum Gasteiger partial charge on any atom is 0.276 e.